The van der Waals surface area contributed by atoms with Crippen molar-refractivity contribution in [3.8, 4) is 0 Å². The molecule has 2 aliphatic heterocycles. The first-order chi connectivity index (χ1) is 14.6. The minimum absolute atomic E-state index is 0.148. The highest BCUT2D eigenvalue weighted by molar-refractivity contribution is 5.96. The lowest BCUT2D eigenvalue weighted by Crippen LogP contribution is -2.49. The van der Waals surface area contributed by atoms with Gasteiger partial charge in [0, 0.05) is 42.9 Å². The van der Waals surface area contributed by atoms with Crippen molar-refractivity contribution in [2.45, 2.75) is 31.5 Å². The molecular weight excluding hydrogens is 382 g/mol. The first-order valence-electron chi connectivity index (χ1n) is 10.6. The van der Waals surface area contributed by atoms with Crippen LogP contribution >= 0.6 is 0 Å². The Morgan fingerprint density at radius 3 is 2.53 bits per heavy atom. The third-order valence-electron chi connectivity index (χ3n) is 6.74. The maximum absolute atomic E-state index is 13.5. The normalized spacial score (nSPS) is 26.9. The fourth-order valence-electron chi connectivity index (χ4n) is 5.05. The van der Waals surface area contributed by atoms with E-state index in [-0.39, 0.29) is 30.5 Å². The summed E-state index contributed by atoms with van der Waals surface area (Å²) in [5.74, 6) is -0.824. The van der Waals surface area contributed by atoms with Crippen LogP contribution in [0.5, 0.6) is 0 Å². The maximum Gasteiger partial charge on any atom is 0.254 e. The van der Waals surface area contributed by atoms with Crippen molar-refractivity contribution in [2.24, 2.45) is 17.8 Å². The Labute approximate surface area is 174 Å². The Morgan fingerprint density at radius 2 is 1.83 bits per heavy atom. The summed E-state index contributed by atoms with van der Waals surface area (Å²) < 4.78 is 1.65. The molecule has 1 aliphatic carbocycles. The number of rotatable bonds is 5. The molecule has 2 aromatic rings. The predicted octanol–water partition coefficient (Wildman–Crippen LogP) is 1.18. The highest BCUT2D eigenvalue weighted by Crippen LogP contribution is 2.48. The Bertz CT molecular complexity index is 1030. The number of carbonyl (C=O) groups excluding carboxylic acids is 2. The standard InChI is InChI=1S/C23H25N3O4/c27-13-16-18-12-25-17(7-4-8-19(25)28)21(20(16)22(29)24-11-14-9-10-14)26(18)23(30)15-5-2-1-3-6-15/h1-8,14,16,18,20-21,27H,9-13H2,(H,24,29)/t16-,18-,20+,21+/m0/s1. The minimum Gasteiger partial charge on any atom is -0.396 e. The molecule has 156 valence electrons. The van der Waals surface area contributed by atoms with Gasteiger partial charge in [0.15, 0.2) is 0 Å². The summed E-state index contributed by atoms with van der Waals surface area (Å²) in [6.45, 7) is 0.685. The Kier molecular flexibility index (Phi) is 4.70. The SMILES string of the molecule is O=C(NCC1CC1)[C@@H]1[C@@H](CO)[C@@H]2Cn3c(cccc3=O)[C@H]1N2C(=O)c1ccccc1. The van der Waals surface area contributed by atoms with Crippen molar-refractivity contribution in [3.05, 3.63) is 70.1 Å². The van der Waals surface area contributed by atoms with Crippen LogP contribution in [0.15, 0.2) is 53.3 Å². The van der Waals surface area contributed by atoms with Gasteiger partial charge in [-0.1, -0.05) is 24.3 Å². The maximum atomic E-state index is 13.5. The topological polar surface area (TPSA) is 91.6 Å². The van der Waals surface area contributed by atoms with Crippen LogP contribution in [-0.2, 0) is 11.3 Å². The van der Waals surface area contributed by atoms with Gasteiger partial charge in [-0.2, -0.15) is 0 Å². The Morgan fingerprint density at radius 1 is 1.07 bits per heavy atom. The van der Waals surface area contributed by atoms with Crippen LogP contribution in [0.3, 0.4) is 0 Å². The third kappa shape index (κ3) is 3.04. The third-order valence-corrected chi connectivity index (χ3v) is 6.74. The number of hydrogen-bond donors (Lipinski definition) is 2. The van der Waals surface area contributed by atoms with Crippen molar-refractivity contribution in [3.63, 3.8) is 0 Å². The summed E-state index contributed by atoms with van der Waals surface area (Å²) in [7, 11) is 0. The number of carbonyl (C=O) groups is 2. The van der Waals surface area contributed by atoms with Gasteiger partial charge in [0.05, 0.1) is 18.0 Å². The lowest BCUT2D eigenvalue weighted by atomic mass is 9.86. The second-order valence-electron chi connectivity index (χ2n) is 8.55. The summed E-state index contributed by atoms with van der Waals surface area (Å²) >= 11 is 0. The van der Waals surface area contributed by atoms with Crippen LogP contribution < -0.4 is 10.9 Å². The second-order valence-corrected chi connectivity index (χ2v) is 8.55. The summed E-state index contributed by atoms with van der Waals surface area (Å²) in [6, 6.07) is 12.9. The smallest absolute Gasteiger partial charge is 0.254 e. The average molecular weight is 407 g/mol. The van der Waals surface area contributed by atoms with Crippen LogP contribution in [0.25, 0.3) is 0 Å². The van der Waals surface area contributed by atoms with Crippen LogP contribution in [0.1, 0.15) is 34.9 Å². The van der Waals surface area contributed by atoms with E-state index < -0.39 is 23.9 Å². The summed E-state index contributed by atoms with van der Waals surface area (Å²) in [5.41, 5.74) is 1.05. The molecule has 30 heavy (non-hydrogen) atoms. The molecule has 0 radical (unpaired) electrons. The molecule has 3 aliphatic rings. The lowest BCUT2D eigenvalue weighted by molar-refractivity contribution is -0.127. The fourth-order valence-corrected chi connectivity index (χ4v) is 5.05. The van der Waals surface area contributed by atoms with Gasteiger partial charge >= 0.3 is 0 Å². The zero-order valence-electron chi connectivity index (χ0n) is 16.6. The van der Waals surface area contributed by atoms with Gasteiger partial charge in [-0.3, -0.25) is 14.4 Å². The number of nitrogens with one attached hydrogen (secondary N) is 1. The van der Waals surface area contributed by atoms with Gasteiger partial charge in [-0.15, -0.1) is 0 Å². The quantitative estimate of drug-likeness (QED) is 0.779. The molecule has 0 unspecified atom stereocenters. The molecule has 0 spiro atoms. The number of aliphatic hydroxyl groups is 1. The minimum atomic E-state index is -0.595. The number of fused-ring (bicyclic) bond motifs is 4. The number of nitrogens with zero attached hydrogens (tertiary/aromatic N) is 2. The molecule has 1 saturated heterocycles. The van der Waals surface area contributed by atoms with E-state index in [1.807, 2.05) is 12.1 Å². The van der Waals surface area contributed by atoms with Gasteiger partial charge < -0.3 is 19.9 Å². The number of pyridine rings is 1. The fraction of sp³-hybridized carbons (Fsp3) is 0.435. The molecule has 1 aromatic carbocycles. The van der Waals surface area contributed by atoms with Crippen LogP contribution in [-0.4, -0.2) is 45.6 Å². The number of benzene rings is 1. The summed E-state index contributed by atoms with van der Waals surface area (Å²) in [6.07, 6.45) is 2.24. The Hall–Kier alpha value is -2.93. The monoisotopic (exact) mass is 407 g/mol. The van der Waals surface area contributed by atoms with Crippen LogP contribution in [0, 0.1) is 17.8 Å². The molecule has 2 amide bonds. The van der Waals surface area contributed by atoms with Gasteiger partial charge in [0.1, 0.15) is 0 Å². The van der Waals surface area contributed by atoms with Crippen LogP contribution in [0.4, 0.5) is 0 Å². The second kappa shape index (κ2) is 7.40. The van der Waals surface area contributed by atoms with Gasteiger partial charge in [0.25, 0.3) is 11.5 Å². The van der Waals surface area contributed by atoms with E-state index in [2.05, 4.69) is 5.32 Å². The molecule has 2 fully saturated rings. The lowest BCUT2D eigenvalue weighted by Gasteiger charge is -2.38. The number of hydrogen-bond acceptors (Lipinski definition) is 4. The highest BCUT2D eigenvalue weighted by atomic mass is 16.3. The summed E-state index contributed by atoms with van der Waals surface area (Å²) in [5, 5.41) is 13.3. The molecule has 4 atom stereocenters. The van der Waals surface area contributed by atoms with E-state index in [4.69, 9.17) is 0 Å². The molecule has 1 aromatic heterocycles. The largest absolute Gasteiger partial charge is 0.396 e. The summed E-state index contributed by atoms with van der Waals surface area (Å²) in [4.78, 5) is 41.0. The molecule has 5 rings (SSSR count). The molecular formula is C23H25N3O4. The number of aliphatic hydroxyl groups excluding tert-OH is 1. The van der Waals surface area contributed by atoms with Gasteiger partial charge in [-0.25, -0.2) is 0 Å². The molecule has 1 saturated carbocycles. The van der Waals surface area contributed by atoms with E-state index in [0.717, 1.165) is 12.8 Å². The zero-order chi connectivity index (χ0) is 20.8. The van der Waals surface area contributed by atoms with E-state index in [9.17, 15) is 19.5 Å². The predicted molar refractivity (Wildman–Crippen MR) is 110 cm³/mol. The van der Waals surface area contributed by atoms with E-state index in [1.54, 1.807) is 39.8 Å². The van der Waals surface area contributed by atoms with Gasteiger partial charge in [0.2, 0.25) is 5.91 Å². The first-order valence-corrected chi connectivity index (χ1v) is 10.6. The van der Waals surface area contributed by atoms with E-state index >= 15 is 0 Å². The first kappa shape index (κ1) is 19.1. The molecule has 7 nitrogen and oxygen atoms in total. The van der Waals surface area contributed by atoms with Crippen molar-refractivity contribution in [2.75, 3.05) is 13.2 Å². The molecule has 2 bridgehead atoms. The van der Waals surface area contributed by atoms with Crippen molar-refractivity contribution < 1.29 is 14.7 Å². The molecule has 2 N–H and O–H groups in total. The zero-order valence-corrected chi connectivity index (χ0v) is 16.6. The van der Waals surface area contributed by atoms with Gasteiger partial charge in [-0.05, 0) is 37.0 Å². The molecule has 3 heterocycles. The number of amides is 2. The van der Waals surface area contributed by atoms with Crippen molar-refractivity contribution in [1.29, 1.82) is 0 Å². The number of aromatic nitrogens is 1. The Balaban J connectivity index is 1.58. The van der Waals surface area contributed by atoms with E-state index in [0.29, 0.717) is 23.7 Å². The van der Waals surface area contributed by atoms with E-state index in [1.165, 1.54) is 6.07 Å². The molecule has 7 heteroatoms. The van der Waals surface area contributed by atoms with Crippen LogP contribution in [0.2, 0.25) is 0 Å². The average Bonchev–Trinajstić information content (AvgIpc) is 3.56. The highest BCUT2D eigenvalue weighted by Gasteiger charge is 2.57. The van der Waals surface area contributed by atoms with Crippen molar-refractivity contribution >= 4 is 11.8 Å². The van der Waals surface area contributed by atoms with Crippen molar-refractivity contribution in [1.82, 2.24) is 14.8 Å².